The average molecular weight is 310 g/mol. The summed E-state index contributed by atoms with van der Waals surface area (Å²) in [6.45, 7) is 5.90. The van der Waals surface area contributed by atoms with Crippen molar-refractivity contribution in [3.05, 3.63) is 29.8 Å². The lowest BCUT2D eigenvalue weighted by atomic mass is 10.2. The quantitative estimate of drug-likeness (QED) is 0.811. The second-order valence-electron chi connectivity index (χ2n) is 5.53. The monoisotopic (exact) mass is 310 g/mol. The third kappa shape index (κ3) is 4.12. The molecule has 1 atom stereocenters. The van der Waals surface area contributed by atoms with E-state index >= 15 is 0 Å². The van der Waals surface area contributed by atoms with Gasteiger partial charge in [-0.05, 0) is 51.9 Å². The molecule has 1 unspecified atom stereocenters. The Labute approximate surface area is 126 Å². The number of sulfonamides is 1. The number of carbonyl (C=O) groups excluding carboxylic acids is 1. The van der Waals surface area contributed by atoms with Crippen LogP contribution in [0.5, 0.6) is 0 Å². The molecule has 0 radical (unpaired) electrons. The molecule has 0 amide bonds. The van der Waals surface area contributed by atoms with Gasteiger partial charge in [0, 0.05) is 18.2 Å². The van der Waals surface area contributed by atoms with Crippen LogP contribution in [-0.4, -0.2) is 44.8 Å². The molecule has 5 nitrogen and oxygen atoms in total. The summed E-state index contributed by atoms with van der Waals surface area (Å²) in [6, 6.07) is 6.32. The first kappa shape index (κ1) is 16.1. The normalized spacial score (nSPS) is 17.8. The second-order valence-corrected chi connectivity index (χ2v) is 7.29. The molecule has 21 heavy (non-hydrogen) atoms. The molecule has 0 spiro atoms. The van der Waals surface area contributed by atoms with E-state index < -0.39 is 10.0 Å². The minimum absolute atomic E-state index is 0.141. The van der Waals surface area contributed by atoms with Crippen LogP contribution in [0.25, 0.3) is 0 Å². The van der Waals surface area contributed by atoms with E-state index in [4.69, 9.17) is 0 Å². The summed E-state index contributed by atoms with van der Waals surface area (Å²) < 4.78 is 27.2. The number of Topliss-reactive ketones (excluding diaryl/α,β-unsaturated/α-hetero) is 1. The Bertz CT molecular complexity index is 607. The molecule has 1 aliphatic rings. The number of hydrogen-bond donors (Lipinski definition) is 1. The highest BCUT2D eigenvalue weighted by atomic mass is 32.2. The van der Waals surface area contributed by atoms with Crippen LogP contribution in [0.1, 0.15) is 37.0 Å². The molecule has 0 aliphatic carbocycles. The molecule has 1 saturated heterocycles. The van der Waals surface area contributed by atoms with Crippen molar-refractivity contribution < 1.29 is 13.2 Å². The lowest BCUT2D eigenvalue weighted by Crippen LogP contribution is -2.40. The van der Waals surface area contributed by atoms with Crippen molar-refractivity contribution in [1.82, 2.24) is 9.62 Å². The number of benzene rings is 1. The van der Waals surface area contributed by atoms with Crippen molar-refractivity contribution in [3.63, 3.8) is 0 Å². The fourth-order valence-electron chi connectivity index (χ4n) is 2.51. The first-order chi connectivity index (χ1) is 9.90. The molecule has 1 aromatic carbocycles. The number of ketones is 1. The van der Waals surface area contributed by atoms with E-state index in [1.165, 1.54) is 31.9 Å². The Kier molecular flexibility index (Phi) is 5.13. The third-order valence-electron chi connectivity index (χ3n) is 3.88. The lowest BCUT2D eigenvalue weighted by Gasteiger charge is -2.23. The van der Waals surface area contributed by atoms with Crippen LogP contribution in [0.15, 0.2) is 29.2 Å². The molecule has 2 rings (SSSR count). The zero-order chi connectivity index (χ0) is 15.5. The third-order valence-corrected chi connectivity index (χ3v) is 5.30. The van der Waals surface area contributed by atoms with Gasteiger partial charge < -0.3 is 0 Å². The minimum atomic E-state index is -3.57. The van der Waals surface area contributed by atoms with Gasteiger partial charge in [-0.1, -0.05) is 12.1 Å². The van der Waals surface area contributed by atoms with Crippen molar-refractivity contribution in [3.8, 4) is 0 Å². The maximum atomic E-state index is 12.3. The maximum Gasteiger partial charge on any atom is 0.240 e. The van der Waals surface area contributed by atoms with E-state index in [-0.39, 0.29) is 16.7 Å². The van der Waals surface area contributed by atoms with Crippen LogP contribution < -0.4 is 4.72 Å². The highest BCUT2D eigenvalue weighted by Crippen LogP contribution is 2.14. The van der Waals surface area contributed by atoms with Gasteiger partial charge in [-0.3, -0.25) is 9.69 Å². The molecule has 116 valence electrons. The summed E-state index contributed by atoms with van der Waals surface area (Å²) in [6.07, 6.45) is 2.36. The first-order valence-corrected chi connectivity index (χ1v) is 8.73. The van der Waals surface area contributed by atoms with Gasteiger partial charge in [0.2, 0.25) is 10.0 Å². The van der Waals surface area contributed by atoms with Gasteiger partial charge in [-0.2, -0.15) is 0 Å². The molecular formula is C15H22N2O3S. The van der Waals surface area contributed by atoms with Crippen LogP contribution in [0, 0.1) is 0 Å². The fraction of sp³-hybridized carbons (Fsp3) is 0.533. The van der Waals surface area contributed by atoms with Gasteiger partial charge in [-0.15, -0.1) is 0 Å². The Balaban J connectivity index is 2.04. The standard InChI is InChI=1S/C15H22N2O3S/c1-12(17-8-3-4-9-17)11-16-21(19,20)15-7-5-6-14(10-15)13(2)18/h5-7,10,12,16H,3-4,8-9,11H2,1-2H3. The number of hydrogen-bond acceptors (Lipinski definition) is 4. The first-order valence-electron chi connectivity index (χ1n) is 7.25. The van der Waals surface area contributed by atoms with E-state index in [1.54, 1.807) is 12.1 Å². The van der Waals surface area contributed by atoms with Crippen molar-refractivity contribution in [2.45, 2.75) is 37.6 Å². The molecule has 1 fully saturated rings. The van der Waals surface area contributed by atoms with Gasteiger partial charge in [0.1, 0.15) is 0 Å². The number of likely N-dealkylation sites (tertiary alicyclic amines) is 1. The van der Waals surface area contributed by atoms with Crippen molar-refractivity contribution in [2.24, 2.45) is 0 Å². The Morgan fingerprint density at radius 2 is 2.00 bits per heavy atom. The Morgan fingerprint density at radius 1 is 1.33 bits per heavy atom. The molecule has 0 saturated carbocycles. The van der Waals surface area contributed by atoms with E-state index in [0.717, 1.165) is 13.1 Å². The zero-order valence-electron chi connectivity index (χ0n) is 12.5. The number of nitrogens with one attached hydrogen (secondary N) is 1. The summed E-state index contributed by atoms with van der Waals surface area (Å²) in [5.41, 5.74) is 0.408. The summed E-state index contributed by atoms with van der Waals surface area (Å²) in [5, 5.41) is 0. The maximum absolute atomic E-state index is 12.3. The molecule has 1 heterocycles. The van der Waals surface area contributed by atoms with Crippen LogP contribution >= 0.6 is 0 Å². The van der Waals surface area contributed by atoms with Gasteiger partial charge in [0.15, 0.2) is 5.78 Å². The minimum Gasteiger partial charge on any atom is -0.299 e. The largest absolute Gasteiger partial charge is 0.299 e. The van der Waals surface area contributed by atoms with Crippen molar-refractivity contribution in [1.29, 1.82) is 0 Å². The predicted octanol–water partition coefficient (Wildman–Crippen LogP) is 1.65. The van der Waals surface area contributed by atoms with Crippen molar-refractivity contribution >= 4 is 15.8 Å². The van der Waals surface area contributed by atoms with E-state index in [1.807, 2.05) is 6.92 Å². The summed E-state index contributed by atoms with van der Waals surface area (Å²) in [7, 11) is -3.57. The highest BCUT2D eigenvalue weighted by molar-refractivity contribution is 7.89. The molecule has 0 bridgehead atoms. The molecular weight excluding hydrogens is 288 g/mol. The zero-order valence-corrected chi connectivity index (χ0v) is 13.3. The molecule has 1 aliphatic heterocycles. The number of carbonyl (C=O) groups is 1. The van der Waals surface area contributed by atoms with Gasteiger partial charge >= 0.3 is 0 Å². The van der Waals surface area contributed by atoms with E-state index in [9.17, 15) is 13.2 Å². The van der Waals surface area contributed by atoms with E-state index in [2.05, 4.69) is 9.62 Å². The highest BCUT2D eigenvalue weighted by Gasteiger charge is 2.21. The summed E-state index contributed by atoms with van der Waals surface area (Å²) in [4.78, 5) is 13.8. The van der Waals surface area contributed by atoms with Gasteiger partial charge in [0.25, 0.3) is 0 Å². The Morgan fingerprint density at radius 3 is 2.62 bits per heavy atom. The SMILES string of the molecule is CC(=O)c1cccc(S(=O)(=O)NCC(C)N2CCCC2)c1. The van der Waals surface area contributed by atoms with Gasteiger partial charge in [-0.25, -0.2) is 13.1 Å². The van der Waals surface area contributed by atoms with Crippen LogP contribution in [0.4, 0.5) is 0 Å². The average Bonchev–Trinajstić information content (AvgIpc) is 2.99. The lowest BCUT2D eigenvalue weighted by molar-refractivity contribution is 0.101. The number of rotatable bonds is 6. The predicted molar refractivity (Wildman–Crippen MR) is 81.9 cm³/mol. The van der Waals surface area contributed by atoms with E-state index in [0.29, 0.717) is 12.1 Å². The summed E-state index contributed by atoms with van der Waals surface area (Å²) >= 11 is 0. The smallest absolute Gasteiger partial charge is 0.240 e. The second kappa shape index (κ2) is 6.68. The number of nitrogens with zero attached hydrogens (tertiary/aromatic N) is 1. The Hall–Kier alpha value is -1.24. The van der Waals surface area contributed by atoms with Crippen LogP contribution in [0.2, 0.25) is 0 Å². The topological polar surface area (TPSA) is 66.5 Å². The van der Waals surface area contributed by atoms with Crippen LogP contribution in [-0.2, 0) is 10.0 Å². The van der Waals surface area contributed by atoms with Crippen LogP contribution in [0.3, 0.4) is 0 Å². The van der Waals surface area contributed by atoms with Crippen molar-refractivity contribution in [2.75, 3.05) is 19.6 Å². The molecule has 1 aromatic rings. The molecule has 1 N–H and O–H groups in total. The summed E-state index contributed by atoms with van der Waals surface area (Å²) in [5.74, 6) is -0.141. The molecule has 6 heteroatoms. The fourth-order valence-corrected chi connectivity index (χ4v) is 3.67. The molecule has 0 aromatic heterocycles. The van der Waals surface area contributed by atoms with Gasteiger partial charge in [0.05, 0.1) is 4.90 Å².